The van der Waals surface area contributed by atoms with Crippen molar-refractivity contribution in [1.82, 2.24) is 5.16 Å². The first-order valence-electron chi connectivity index (χ1n) is 12.7. The smallest absolute Gasteiger partial charge is 0.190 e. The number of hydrogen-bond acceptors (Lipinski definition) is 3. The molecule has 0 radical (unpaired) electrons. The third-order valence-corrected chi connectivity index (χ3v) is 7.52. The van der Waals surface area contributed by atoms with E-state index in [0.717, 1.165) is 41.1 Å². The summed E-state index contributed by atoms with van der Waals surface area (Å²) in [5, 5.41) is 7.79. The Balaban J connectivity index is 1.27. The molecular formula is C31H33FN2O. The molecule has 35 heavy (non-hydrogen) atoms. The molecular weight excluding hydrogens is 435 g/mol. The Morgan fingerprint density at radius 2 is 1.63 bits per heavy atom. The number of rotatable bonds is 9. The van der Waals surface area contributed by atoms with Crippen molar-refractivity contribution in [2.75, 3.05) is 5.32 Å². The summed E-state index contributed by atoms with van der Waals surface area (Å²) in [6.45, 7) is 6.37. The number of aryl methyl sites for hydroxylation is 2. The highest BCUT2D eigenvalue weighted by Gasteiger charge is 2.41. The predicted molar refractivity (Wildman–Crippen MR) is 141 cm³/mol. The number of hydrogen-bond donors (Lipinski definition) is 1. The van der Waals surface area contributed by atoms with Crippen molar-refractivity contribution >= 4 is 5.69 Å². The molecule has 1 aliphatic rings. The largest absolute Gasteiger partial charge is 0.378 e. The van der Waals surface area contributed by atoms with Gasteiger partial charge in [0.1, 0.15) is 17.2 Å². The molecule has 180 valence electrons. The Hall–Kier alpha value is -3.40. The molecule has 1 aromatic heterocycles. The highest BCUT2D eigenvalue weighted by molar-refractivity contribution is 5.76. The molecule has 1 saturated carbocycles. The zero-order valence-corrected chi connectivity index (χ0v) is 20.8. The lowest BCUT2D eigenvalue weighted by Crippen LogP contribution is -2.16. The number of anilines is 1. The summed E-state index contributed by atoms with van der Waals surface area (Å²) in [7, 11) is 0. The summed E-state index contributed by atoms with van der Waals surface area (Å²) in [6, 6.07) is 24.6. The average Bonchev–Trinajstić information content (AvgIpc) is 3.61. The number of nitrogens with one attached hydrogen (secondary N) is 1. The monoisotopic (exact) mass is 468 g/mol. The molecule has 3 aromatic carbocycles. The summed E-state index contributed by atoms with van der Waals surface area (Å²) >= 11 is 0. The van der Waals surface area contributed by atoms with Crippen molar-refractivity contribution in [2.45, 2.75) is 64.3 Å². The van der Waals surface area contributed by atoms with E-state index in [0.29, 0.717) is 5.41 Å². The van der Waals surface area contributed by atoms with Crippen molar-refractivity contribution in [1.29, 1.82) is 0 Å². The van der Waals surface area contributed by atoms with Crippen LogP contribution in [0, 0.1) is 12.7 Å². The Labute approximate surface area is 207 Å². The highest BCUT2D eigenvalue weighted by atomic mass is 19.1. The van der Waals surface area contributed by atoms with Gasteiger partial charge >= 0.3 is 0 Å². The average molecular weight is 469 g/mol. The normalized spacial score (nSPS) is 15.1. The predicted octanol–water partition coefficient (Wildman–Crippen LogP) is 8.33. The van der Waals surface area contributed by atoms with E-state index in [9.17, 15) is 4.39 Å². The fourth-order valence-corrected chi connectivity index (χ4v) is 4.96. The second-order valence-electron chi connectivity index (χ2n) is 9.97. The molecule has 0 amide bonds. The molecule has 0 saturated heterocycles. The summed E-state index contributed by atoms with van der Waals surface area (Å²) < 4.78 is 19.2. The van der Waals surface area contributed by atoms with E-state index in [4.69, 9.17) is 4.52 Å². The van der Waals surface area contributed by atoms with Gasteiger partial charge in [0.25, 0.3) is 0 Å². The summed E-state index contributed by atoms with van der Waals surface area (Å²) in [6.07, 6.45) is 5.53. The Bertz CT molecular complexity index is 1290. The summed E-state index contributed by atoms with van der Waals surface area (Å²) in [5.41, 5.74) is 8.08. The standard InChI is InChI=1S/C31H33FN2O/c1-4-31(18-19-31)27-16-14-25(15-17-27)24-10-12-26(13-11-24)30-29(22(3)34-35-30)33-21(2)8-9-23-6-5-7-28(32)20-23/h5-7,10-17,20-21,33H,4,8-9,18-19H2,1-3H3. The van der Waals surface area contributed by atoms with Gasteiger partial charge in [-0.3, -0.25) is 0 Å². The maximum Gasteiger partial charge on any atom is 0.190 e. The summed E-state index contributed by atoms with van der Waals surface area (Å²) in [5.74, 6) is 0.563. The Morgan fingerprint density at radius 3 is 2.26 bits per heavy atom. The van der Waals surface area contributed by atoms with Crippen molar-refractivity contribution < 1.29 is 8.91 Å². The van der Waals surface area contributed by atoms with Gasteiger partial charge in [-0.05, 0) is 85.8 Å². The van der Waals surface area contributed by atoms with Crippen LogP contribution in [0.2, 0.25) is 0 Å². The van der Waals surface area contributed by atoms with Gasteiger partial charge in [0.15, 0.2) is 5.76 Å². The first kappa shape index (κ1) is 23.3. The van der Waals surface area contributed by atoms with Crippen LogP contribution in [0.3, 0.4) is 0 Å². The Kier molecular flexibility index (Phi) is 6.46. The van der Waals surface area contributed by atoms with E-state index in [-0.39, 0.29) is 11.9 Å². The van der Waals surface area contributed by atoms with Crippen LogP contribution in [0.4, 0.5) is 10.1 Å². The van der Waals surface area contributed by atoms with E-state index in [2.05, 4.69) is 72.9 Å². The number of halogens is 1. The number of nitrogens with zero attached hydrogens (tertiary/aromatic N) is 1. The number of benzene rings is 3. The van der Waals surface area contributed by atoms with Gasteiger partial charge < -0.3 is 9.84 Å². The lowest BCUT2D eigenvalue weighted by molar-refractivity contribution is 0.427. The molecule has 1 unspecified atom stereocenters. The van der Waals surface area contributed by atoms with E-state index in [1.54, 1.807) is 12.1 Å². The van der Waals surface area contributed by atoms with Crippen molar-refractivity contribution in [2.24, 2.45) is 0 Å². The minimum Gasteiger partial charge on any atom is -0.378 e. The molecule has 4 aromatic rings. The minimum atomic E-state index is -0.188. The molecule has 1 atom stereocenters. The molecule has 3 nitrogen and oxygen atoms in total. The van der Waals surface area contributed by atoms with Crippen molar-refractivity contribution in [3.05, 3.63) is 95.4 Å². The minimum absolute atomic E-state index is 0.186. The van der Waals surface area contributed by atoms with Gasteiger partial charge in [0.2, 0.25) is 0 Å². The quantitative estimate of drug-likeness (QED) is 0.268. The van der Waals surface area contributed by atoms with Crippen molar-refractivity contribution in [3.8, 4) is 22.5 Å². The van der Waals surface area contributed by atoms with Crippen LogP contribution in [0.5, 0.6) is 0 Å². The van der Waals surface area contributed by atoms with Crippen LogP contribution in [0.15, 0.2) is 77.3 Å². The topological polar surface area (TPSA) is 38.1 Å². The third kappa shape index (κ3) is 5.02. The van der Waals surface area contributed by atoms with Gasteiger partial charge in [-0.2, -0.15) is 0 Å². The Morgan fingerprint density at radius 1 is 0.971 bits per heavy atom. The van der Waals surface area contributed by atoms with Gasteiger partial charge in [0, 0.05) is 11.6 Å². The van der Waals surface area contributed by atoms with E-state index in [1.165, 1.54) is 42.0 Å². The molecule has 5 rings (SSSR count). The van der Waals surface area contributed by atoms with Gasteiger partial charge in [-0.1, -0.05) is 72.7 Å². The molecule has 1 N–H and O–H groups in total. The van der Waals surface area contributed by atoms with Crippen LogP contribution in [0.25, 0.3) is 22.5 Å². The SMILES string of the molecule is CCC1(c2ccc(-c3ccc(-c4onc(C)c4NC(C)CCc4cccc(F)c4)cc3)cc2)CC1. The van der Waals surface area contributed by atoms with Gasteiger partial charge in [-0.15, -0.1) is 0 Å². The van der Waals surface area contributed by atoms with E-state index in [1.807, 2.05) is 13.0 Å². The van der Waals surface area contributed by atoms with Crippen LogP contribution in [-0.2, 0) is 11.8 Å². The van der Waals surface area contributed by atoms with E-state index < -0.39 is 0 Å². The van der Waals surface area contributed by atoms with Crippen molar-refractivity contribution in [3.63, 3.8) is 0 Å². The van der Waals surface area contributed by atoms with E-state index >= 15 is 0 Å². The molecule has 1 heterocycles. The maximum atomic E-state index is 13.5. The summed E-state index contributed by atoms with van der Waals surface area (Å²) in [4.78, 5) is 0. The lowest BCUT2D eigenvalue weighted by Gasteiger charge is -2.16. The first-order chi connectivity index (χ1) is 17.0. The zero-order valence-electron chi connectivity index (χ0n) is 20.8. The van der Waals surface area contributed by atoms with Gasteiger partial charge in [0.05, 0.1) is 0 Å². The van der Waals surface area contributed by atoms with Crippen LogP contribution >= 0.6 is 0 Å². The maximum absolute atomic E-state index is 13.5. The van der Waals surface area contributed by atoms with Crippen LogP contribution < -0.4 is 5.32 Å². The van der Waals surface area contributed by atoms with Gasteiger partial charge in [-0.25, -0.2) is 4.39 Å². The highest BCUT2D eigenvalue weighted by Crippen LogP contribution is 2.51. The first-order valence-corrected chi connectivity index (χ1v) is 12.7. The molecule has 1 aliphatic carbocycles. The molecule has 4 heteroatoms. The fraction of sp³-hybridized carbons (Fsp3) is 0.323. The fourth-order valence-electron chi connectivity index (χ4n) is 4.96. The third-order valence-electron chi connectivity index (χ3n) is 7.52. The second-order valence-corrected chi connectivity index (χ2v) is 9.97. The molecule has 1 fully saturated rings. The molecule has 0 bridgehead atoms. The zero-order chi connectivity index (χ0) is 24.4. The molecule has 0 spiro atoms. The lowest BCUT2D eigenvalue weighted by atomic mass is 9.91. The van der Waals surface area contributed by atoms with Crippen LogP contribution in [0.1, 0.15) is 56.4 Å². The van der Waals surface area contributed by atoms with Crippen LogP contribution in [-0.4, -0.2) is 11.2 Å². The number of aromatic nitrogens is 1. The molecule has 0 aliphatic heterocycles. The second kappa shape index (κ2) is 9.69.